The van der Waals surface area contributed by atoms with Gasteiger partial charge in [-0.05, 0) is 41.6 Å². The summed E-state index contributed by atoms with van der Waals surface area (Å²) in [6.07, 6.45) is 0. The molecule has 4 rings (SSSR count). The fraction of sp³-hybridized carbons (Fsp3) is 0.333. The third-order valence-corrected chi connectivity index (χ3v) is 4.69. The maximum atomic E-state index is 3.69. The van der Waals surface area contributed by atoms with Crippen molar-refractivity contribution >= 4 is 0 Å². The number of benzene rings is 2. The topological polar surface area (TPSA) is 24.1 Å². The molecule has 1 aliphatic heterocycles. The molecule has 2 aromatic carbocycles. The number of fused-ring (bicyclic) bond motifs is 1. The van der Waals surface area contributed by atoms with E-state index in [-0.39, 0.29) is 0 Å². The first kappa shape index (κ1) is 12.1. The van der Waals surface area contributed by atoms with Crippen molar-refractivity contribution in [2.75, 3.05) is 13.1 Å². The largest absolute Gasteiger partial charge is 0.316 e. The van der Waals surface area contributed by atoms with Gasteiger partial charge >= 0.3 is 0 Å². The fourth-order valence-corrected chi connectivity index (χ4v) is 3.40. The molecule has 2 N–H and O–H groups in total. The van der Waals surface area contributed by atoms with Crippen molar-refractivity contribution in [3.8, 4) is 11.1 Å². The summed E-state index contributed by atoms with van der Waals surface area (Å²) in [6, 6.07) is 20.2. The van der Waals surface area contributed by atoms with E-state index in [1.54, 1.807) is 0 Å². The van der Waals surface area contributed by atoms with Gasteiger partial charge in [-0.15, -0.1) is 0 Å². The molecule has 2 heteroatoms. The summed E-state index contributed by atoms with van der Waals surface area (Å²) >= 11 is 0. The molecule has 102 valence electrons. The van der Waals surface area contributed by atoms with Crippen LogP contribution in [0.3, 0.4) is 0 Å². The zero-order valence-electron chi connectivity index (χ0n) is 11.5. The van der Waals surface area contributed by atoms with Gasteiger partial charge in [-0.1, -0.05) is 54.6 Å². The first-order valence-electron chi connectivity index (χ1n) is 7.50. The van der Waals surface area contributed by atoms with Gasteiger partial charge < -0.3 is 10.6 Å². The van der Waals surface area contributed by atoms with Gasteiger partial charge in [0.1, 0.15) is 0 Å². The summed E-state index contributed by atoms with van der Waals surface area (Å²) in [6.45, 7) is 3.40. The molecule has 1 saturated carbocycles. The van der Waals surface area contributed by atoms with Crippen LogP contribution in [-0.4, -0.2) is 19.1 Å². The third-order valence-electron chi connectivity index (χ3n) is 4.69. The van der Waals surface area contributed by atoms with E-state index in [9.17, 15) is 0 Å². The lowest BCUT2D eigenvalue weighted by Crippen LogP contribution is -2.27. The van der Waals surface area contributed by atoms with Gasteiger partial charge in [0.2, 0.25) is 0 Å². The van der Waals surface area contributed by atoms with E-state index < -0.39 is 0 Å². The van der Waals surface area contributed by atoms with E-state index >= 15 is 0 Å². The number of nitrogens with one attached hydrogen (secondary N) is 2. The molecule has 1 saturated heterocycles. The SMILES string of the molecule is c1ccc(-c2ccc(CNC3[C@H]4CNC[C@@H]34)cc2)cc1. The summed E-state index contributed by atoms with van der Waals surface area (Å²) in [7, 11) is 0. The molecule has 2 aromatic rings. The van der Waals surface area contributed by atoms with Crippen LogP contribution in [0.2, 0.25) is 0 Å². The zero-order valence-corrected chi connectivity index (χ0v) is 11.5. The van der Waals surface area contributed by atoms with Crippen LogP contribution in [0.1, 0.15) is 5.56 Å². The Kier molecular flexibility index (Phi) is 3.06. The Morgan fingerprint density at radius 2 is 1.50 bits per heavy atom. The molecule has 1 aliphatic carbocycles. The quantitative estimate of drug-likeness (QED) is 0.887. The average Bonchev–Trinajstić information content (AvgIpc) is 2.94. The third kappa shape index (κ3) is 2.26. The summed E-state index contributed by atoms with van der Waals surface area (Å²) in [4.78, 5) is 0. The van der Waals surface area contributed by atoms with Crippen LogP contribution >= 0.6 is 0 Å². The van der Waals surface area contributed by atoms with Crippen LogP contribution in [0, 0.1) is 11.8 Å². The fourth-order valence-electron chi connectivity index (χ4n) is 3.40. The molecule has 0 aromatic heterocycles. The molecule has 20 heavy (non-hydrogen) atoms. The minimum Gasteiger partial charge on any atom is -0.316 e. The van der Waals surface area contributed by atoms with Crippen molar-refractivity contribution in [1.82, 2.24) is 10.6 Å². The van der Waals surface area contributed by atoms with Gasteiger partial charge in [-0.2, -0.15) is 0 Å². The van der Waals surface area contributed by atoms with Gasteiger partial charge in [-0.3, -0.25) is 0 Å². The Hall–Kier alpha value is -1.64. The Morgan fingerprint density at radius 1 is 0.850 bits per heavy atom. The van der Waals surface area contributed by atoms with Crippen molar-refractivity contribution in [2.24, 2.45) is 11.8 Å². The van der Waals surface area contributed by atoms with E-state index in [1.807, 2.05) is 0 Å². The molecule has 3 atom stereocenters. The number of piperidine rings is 1. The normalized spacial score (nSPS) is 27.3. The van der Waals surface area contributed by atoms with Crippen LogP contribution < -0.4 is 10.6 Å². The second-order valence-electron chi connectivity index (χ2n) is 5.96. The van der Waals surface area contributed by atoms with Crippen molar-refractivity contribution in [3.63, 3.8) is 0 Å². The van der Waals surface area contributed by atoms with E-state index in [2.05, 4.69) is 65.2 Å². The molecular weight excluding hydrogens is 244 g/mol. The van der Waals surface area contributed by atoms with Crippen molar-refractivity contribution in [3.05, 3.63) is 60.2 Å². The van der Waals surface area contributed by atoms with Crippen LogP contribution in [0.4, 0.5) is 0 Å². The second-order valence-corrected chi connectivity index (χ2v) is 5.96. The first-order valence-corrected chi connectivity index (χ1v) is 7.50. The molecule has 2 fully saturated rings. The number of hydrogen-bond acceptors (Lipinski definition) is 2. The molecule has 0 bridgehead atoms. The molecule has 2 nitrogen and oxygen atoms in total. The van der Waals surface area contributed by atoms with Gasteiger partial charge in [0.15, 0.2) is 0 Å². The lowest BCUT2D eigenvalue weighted by molar-refractivity contribution is 0.566. The van der Waals surface area contributed by atoms with Crippen LogP contribution in [-0.2, 0) is 6.54 Å². The van der Waals surface area contributed by atoms with Crippen molar-refractivity contribution in [1.29, 1.82) is 0 Å². The number of hydrogen-bond donors (Lipinski definition) is 2. The van der Waals surface area contributed by atoms with E-state index in [0.29, 0.717) is 0 Å². The van der Waals surface area contributed by atoms with Gasteiger partial charge in [0.05, 0.1) is 0 Å². The highest BCUT2D eigenvalue weighted by molar-refractivity contribution is 5.63. The summed E-state index contributed by atoms with van der Waals surface area (Å²) in [5.74, 6) is 1.78. The lowest BCUT2D eigenvalue weighted by Gasteiger charge is -2.08. The monoisotopic (exact) mass is 264 g/mol. The van der Waals surface area contributed by atoms with Crippen LogP contribution in [0.5, 0.6) is 0 Å². The highest BCUT2D eigenvalue weighted by atomic mass is 15.1. The predicted molar refractivity (Wildman–Crippen MR) is 82.4 cm³/mol. The molecule has 0 radical (unpaired) electrons. The van der Waals surface area contributed by atoms with Gasteiger partial charge in [0, 0.05) is 12.6 Å². The second kappa shape index (κ2) is 5.04. The molecule has 0 amide bonds. The first-order chi connectivity index (χ1) is 9.92. The Balaban J connectivity index is 1.38. The van der Waals surface area contributed by atoms with Crippen LogP contribution in [0.25, 0.3) is 11.1 Å². The van der Waals surface area contributed by atoms with E-state index in [1.165, 1.54) is 29.8 Å². The zero-order chi connectivity index (χ0) is 13.4. The van der Waals surface area contributed by atoms with Crippen molar-refractivity contribution in [2.45, 2.75) is 12.6 Å². The summed E-state index contributed by atoms with van der Waals surface area (Å²) < 4.78 is 0. The number of rotatable bonds is 4. The highest BCUT2D eigenvalue weighted by Gasteiger charge is 2.52. The Labute approximate surface area is 120 Å². The summed E-state index contributed by atoms with van der Waals surface area (Å²) in [5.41, 5.74) is 3.96. The highest BCUT2D eigenvalue weighted by Crippen LogP contribution is 2.41. The lowest BCUT2D eigenvalue weighted by atomic mass is 10.0. The standard InChI is InChI=1S/C18H20N2/c1-2-4-14(5-3-1)15-8-6-13(7-9-15)10-20-18-16-11-19-12-17(16)18/h1-9,16-20H,10-12H2/t16-,17+,18?. The Bertz CT molecular complexity index is 566. The molecule has 0 spiro atoms. The smallest absolute Gasteiger partial charge is 0.0208 e. The molecule has 1 unspecified atom stereocenters. The average molecular weight is 264 g/mol. The minimum atomic E-state index is 0.755. The minimum absolute atomic E-state index is 0.755. The molecular formula is C18H20N2. The molecule has 2 aliphatic rings. The summed E-state index contributed by atoms with van der Waals surface area (Å²) in [5, 5.41) is 7.13. The maximum Gasteiger partial charge on any atom is 0.0208 e. The van der Waals surface area contributed by atoms with E-state index in [0.717, 1.165) is 24.4 Å². The molecule has 1 heterocycles. The van der Waals surface area contributed by atoms with Crippen molar-refractivity contribution < 1.29 is 0 Å². The van der Waals surface area contributed by atoms with E-state index in [4.69, 9.17) is 0 Å². The Morgan fingerprint density at radius 3 is 2.20 bits per heavy atom. The van der Waals surface area contributed by atoms with Gasteiger partial charge in [-0.25, -0.2) is 0 Å². The van der Waals surface area contributed by atoms with Crippen LogP contribution in [0.15, 0.2) is 54.6 Å². The maximum absolute atomic E-state index is 3.69. The predicted octanol–water partition coefficient (Wildman–Crippen LogP) is 2.66. The van der Waals surface area contributed by atoms with Gasteiger partial charge in [0.25, 0.3) is 0 Å².